The van der Waals surface area contributed by atoms with Crippen molar-refractivity contribution in [2.24, 2.45) is 5.92 Å². The topological polar surface area (TPSA) is 32.3 Å². The van der Waals surface area contributed by atoms with E-state index in [9.17, 15) is 4.79 Å². The Labute approximate surface area is 104 Å². The first-order chi connectivity index (χ1) is 8.08. The maximum atomic E-state index is 11.6. The second-order valence-electron chi connectivity index (χ2n) is 4.37. The molecular weight excluding hydrogens is 212 g/mol. The normalized spacial score (nSPS) is 10.4. The number of hydrogen-bond acceptors (Lipinski definition) is 2. The van der Waals surface area contributed by atoms with Crippen LogP contribution in [0.15, 0.2) is 24.3 Å². The number of hydrogen-bond donors (Lipinski definition) is 1. The van der Waals surface area contributed by atoms with Gasteiger partial charge in [0.25, 0.3) is 0 Å². The molecule has 1 N–H and O–H groups in total. The molecule has 1 amide bonds. The van der Waals surface area contributed by atoms with Crippen molar-refractivity contribution in [2.45, 2.75) is 27.7 Å². The highest BCUT2D eigenvalue weighted by Crippen LogP contribution is 2.19. The molecule has 0 aliphatic heterocycles. The summed E-state index contributed by atoms with van der Waals surface area (Å²) in [6.07, 6.45) is 0. The number of nitrogens with one attached hydrogen (secondary N) is 1. The number of carbonyl (C=O) groups excluding carboxylic acids is 1. The molecule has 1 aromatic carbocycles. The van der Waals surface area contributed by atoms with Crippen molar-refractivity contribution in [3.63, 3.8) is 0 Å². The van der Waals surface area contributed by atoms with Gasteiger partial charge in [-0.05, 0) is 32.0 Å². The Morgan fingerprint density at radius 1 is 1.29 bits per heavy atom. The van der Waals surface area contributed by atoms with Gasteiger partial charge in [-0.15, -0.1) is 0 Å². The van der Waals surface area contributed by atoms with Gasteiger partial charge in [0.1, 0.15) is 0 Å². The van der Waals surface area contributed by atoms with Crippen LogP contribution in [0.25, 0.3) is 0 Å². The number of anilines is 2. The minimum absolute atomic E-state index is 0.00658. The summed E-state index contributed by atoms with van der Waals surface area (Å²) in [5, 5.41) is 2.92. The highest BCUT2D eigenvalue weighted by molar-refractivity contribution is 5.92. The first-order valence-corrected chi connectivity index (χ1v) is 6.24. The van der Waals surface area contributed by atoms with Crippen LogP contribution in [0.2, 0.25) is 0 Å². The van der Waals surface area contributed by atoms with E-state index in [1.165, 1.54) is 0 Å². The summed E-state index contributed by atoms with van der Waals surface area (Å²) in [6.45, 7) is 9.98. The molecule has 0 radical (unpaired) electrons. The molecule has 3 heteroatoms. The lowest BCUT2D eigenvalue weighted by atomic mass is 10.2. The van der Waals surface area contributed by atoms with Gasteiger partial charge < -0.3 is 10.2 Å². The first kappa shape index (κ1) is 13.6. The number of carbonyl (C=O) groups is 1. The third-order valence-electron chi connectivity index (χ3n) is 2.77. The smallest absolute Gasteiger partial charge is 0.226 e. The SMILES string of the molecule is CCN(CC)c1cccc(NC(=O)C(C)C)c1. The van der Waals surface area contributed by atoms with E-state index in [0.29, 0.717) is 0 Å². The van der Waals surface area contributed by atoms with Crippen molar-refractivity contribution in [1.82, 2.24) is 0 Å². The predicted octanol–water partition coefficient (Wildman–Crippen LogP) is 3.13. The molecule has 0 atom stereocenters. The van der Waals surface area contributed by atoms with E-state index in [4.69, 9.17) is 0 Å². The summed E-state index contributed by atoms with van der Waals surface area (Å²) in [5.41, 5.74) is 2.02. The second kappa shape index (κ2) is 6.28. The van der Waals surface area contributed by atoms with Gasteiger partial charge in [0, 0.05) is 30.4 Å². The molecule has 0 saturated carbocycles. The highest BCUT2D eigenvalue weighted by Gasteiger charge is 2.08. The average molecular weight is 234 g/mol. The summed E-state index contributed by atoms with van der Waals surface area (Å²) >= 11 is 0. The molecule has 0 heterocycles. The zero-order valence-electron chi connectivity index (χ0n) is 11.2. The van der Waals surface area contributed by atoms with Crippen molar-refractivity contribution in [1.29, 1.82) is 0 Å². The Bertz CT molecular complexity index is 370. The quantitative estimate of drug-likeness (QED) is 0.849. The van der Waals surface area contributed by atoms with Gasteiger partial charge >= 0.3 is 0 Å². The number of rotatable bonds is 5. The van der Waals surface area contributed by atoms with Crippen molar-refractivity contribution in [2.75, 3.05) is 23.3 Å². The largest absolute Gasteiger partial charge is 0.372 e. The van der Waals surface area contributed by atoms with E-state index in [0.717, 1.165) is 24.5 Å². The molecule has 0 saturated heterocycles. The van der Waals surface area contributed by atoms with Crippen LogP contribution in [0, 0.1) is 5.92 Å². The second-order valence-corrected chi connectivity index (χ2v) is 4.37. The van der Waals surface area contributed by atoms with Crippen molar-refractivity contribution in [3.8, 4) is 0 Å². The highest BCUT2D eigenvalue weighted by atomic mass is 16.1. The zero-order chi connectivity index (χ0) is 12.8. The van der Waals surface area contributed by atoms with E-state index >= 15 is 0 Å². The lowest BCUT2D eigenvalue weighted by molar-refractivity contribution is -0.118. The molecule has 0 unspecified atom stereocenters. The van der Waals surface area contributed by atoms with Crippen LogP contribution in [-0.2, 0) is 4.79 Å². The molecule has 0 bridgehead atoms. The number of amides is 1. The van der Waals surface area contributed by atoms with E-state index < -0.39 is 0 Å². The summed E-state index contributed by atoms with van der Waals surface area (Å²) in [6, 6.07) is 7.99. The van der Waals surface area contributed by atoms with Gasteiger partial charge in [-0.2, -0.15) is 0 Å². The molecule has 1 rings (SSSR count). The lowest BCUT2D eigenvalue weighted by Gasteiger charge is -2.21. The Morgan fingerprint density at radius 3 is 2.47 bits per heavy atom. The summed E-state index contributed by atoms with van der Waals surface area (Å²) in [5.74, 6) is 0.0637. The predicted molar refractivity (Wildman–Crippen MR) is 73.5 cm³/mol. The molecule has 17 heavy (non-hydrogen) atoms. The molecule has 3 nitrogen and oxygen atoms in total. The minimum atomic E-state index is 0.00658. The minimum Gasteiger partial charge on any atom is -0.372 e. The maximum Gasteiger partial charge on any atom is 0.226 e. The summed E-state index contributed by atoms with van der Waals surface area (Å²) in [7, 11) is 0. The van der Waals surface area contributed by atoms with Crippen LogP contribution in [0.1, 0.15) is 27.7 Å². The van der Waals surface area contributed by atoms with Gasteiger partial charge in [0.2, 0.25) is 5.91 Å². The molecule has 0 aromatic heterocycles. The molecule has 0 aliphatic rings. The molecular formula is C14H22N2O. The average Bonchev–Trinajstić information content (AvgIpc) is 2.31. The lowest BCUT2D eigenvalue weighted by Crippen LogP contribution is -2.22. The van der Waals surface area contributed by atoms with Crippen molar-refractivity contribution in [3.05, 3.63) is 24.3 Å². The molecule has 94 valence electrons. The number of nitrogens with zero attached hydrogens (tertiary/aromatic N) is 1. The zero-order valence-corrected chi connectivity index (χ0v) is 11.2. The van der Waals surface area contributed by atoms with Crippen LogP contribution in [0.3, 0.4) is 0 Å². The van der Waals surface area contributed by atoms with Crippen LogP contribution in [0.5, 0.6) is 0 Å². The summed E-state index contributed by atoms with van der Waals surface area (Å²) < 4.78 is 0. The van der Waals surface area contributed by atoms with E-state index in [2.05, 4.69) is 30.1 Å². The molecule has 0 fully saturated rings. The van der Waals surface area contributed by atoms with Crippen molar-refractivity contribution >= 4 is 17.3 Å². The molecule has 0 spiro atoms. The van der Waals surface area contributed by atoms with E-state index in [1.807, 2.05) is 32.0 Å². The van der Waals surface area contributed by atoms with Gasteiger partial charge in [-0.25, -0.2) is 0 Å². The standard InChI is InChI=1S/C14H22N2O/c1-5-16(6-2)13-9-7-8-12(10-13)15-14(17)11(3)4/h7-11H,5-6H2,1-4H3,(H,15,17). The van der Waals surface area contributed by atoms with E-state index in [1.54, 1.807) is 0 Å². The maximum absolute atomic E-state index is 11.6. The number of benzene rings is 1. The Morgan fingerprint density at radius 2 is 1.94 bits per heavy atom. The fourth-order valence-corrected chi connectivity index (χ4v) is 1.66. The van der Waals surface area contributed by atoms with Gasteiger partial charge in [-0.1, -0.05) is 19.9 Å². The van der Waals surface area contributed by atoms with Crippen LogP contribution in [0.4, 0.5) is 11.4 Å². The van der Waals surface area contributed by atoms with Crippen LogP contribution in [-0.4, -0.2) is 19.0 Å². The fraction of sp³-hybridized carbons (Fsp3) is 0.500. The monoisotopic (exact) mass is 234 g/mol. The van der Waals surface area contributed by atoms with Gasteiger partial charge in [-0.3, -0.25) is 4.79 Å². The third-order valence-corrected chi connectivity index (χ3v) is 2.77. The Balaban J connectivity index is 2.82. The molecule has 0 aliphatic carbocycles. The van der Waals surface area contributed by atoms with E-state index in [-0.39, 0.29) is 11.8 Å². The Kier molecular flexibility index (Phi) is 5.01. The summed E-state index contributed by atoms with van der Waals surface area (Å²) in [4.78, 5) is 13.9. The van der Waals surface area contributed by atoms with Crippen LogP contribution >= 0.6 is 0 Å². The van der Waals surface area contributed by atoms with Gasteiger partial charge in [0.05, 0.1) is 0 Å². The van der Waals surface area contributed by atoms with Crippen molar-refractivity contribution < 1.29 is 4.79 Å². The fourth-order valence-electron chi connectivity index (χ4n) is 1.66. The third kappa shape index (κ3) is 3.77. The van der Waals surface area contributed by atoms with Gasteiger partial charge in [0.15, 0.2) is 0 Å². The Hall–Kier alpha value is -1.51. The molecule has 1 aromatic rings. The van der Waals surface area contributed by atoms with Crippen LogP contribution < -0.4 is 10.2 Å². The first-order valence-electron chi connectivity index (χ1n) is 6.24.